The standard InChI is InChI=1S/C13H17N5OS/c1-3-8-18-12(10-4-6-15-7-5-10)16-17-13(18)20-9(2)11(14)19/h4-7,9H,3,8H2,1-2H3,(H2,14,19). The summed E-state index contributed by atoms with van der Waals surface area (Å²) in [7, 11) is 0. The first-order chi connectivity index (χ1) is 9.63. The van der Waals surface area contributed by atoms with E-state index < -0.39 is 0 Å². The lowest BCUT2D eigenvalue weighted by Crippen LogP contribution is -2.23. The van der Waals surface area contributed by atoms with Gasteiger partial charge in [-0.3, -0.25) is 9.78 Å². The van der Waals surface area contributed by atoms with Crippen molar-refractivity contribution in [2.75, 3.05) is 0 Å². The number of thioether (sulfide) groups is 1. The van der Waals surface area contributed by atoms with Crippen LogP contribution in [0.25, 0.3) is 11.4 Å². The molecule has 0 fully saturated rings. The summed E-state index contributed by atoms with van der Waals surface area (Å²) in [5, 5.41) is 8.79. The van der Waals surface area contributed by atoms with Gasteiger partial charge in [-0.05, 0) is 25.5 Å². The highest BCUT2D eigenvalue weighted by atomic mass is 32.2. The Balaban J connectivity index is 2.35. The maximum absolute atomic E-state index is 11.2. The lowest BCUT2D eigenvalue weighted by atomic mass is 10.2. The van der Waals surface area contributed by atoms with Gasteiger partial charge in [0.1, 0.15) is 0 Å². The zero-order chi connectivity index (χ0) is 14.5. The first-order valence-electron chi connectivity index (χ1n) is 6.43. The number of pyridine rings is 1. The molecule has 0 aliphatic heterocycles. The Hall–Kier alpha value is -1.89. The quantitative estimate of drug-likeness (QED) is 0.819. The summed E-state index contributed by atoms with van der Waals surface area (Å²) in [6.07, 6.45) is 4.40. The summed E-state index contributed by atoms with van der Waals surface area (Å²) in [5.74, 6) is 0.430. The van der Waals surface area contributed by atoms with Gasteiger partial charge in [-0.15, -0.1) is 10.2 Å². The molecule has 0 aliphatic rings. The summed E-state index contributed by atoms with van der Waals surface area (Å²) in [4.78, 5) is 15.2. The first-order valence-corrected chi connectivity index (χ1v) is 7.31. The molecule has 2 N–H and O–H groups in total. The zero-order valence-electron chi connectivity index (χ0n) is 11.5. The molecule has 0 spiro atoms. The SMILES string of the molecule is CCCn1c(SC(C)C(N)=O)nnc1-c1ccncc1. The number of rotatable bonds is 6. The largest absolute Gasteiger partial charge is 0.369 e. The third-order valence-electron chi connectivity index (χ3n) is 2.79. The van der Waals surface area contributed by atoms with Crippen LogP contribution >= 0.6 is 11.8 Å². The fourth-order valence-electron chi connectivity index (χ4n) is 1.73. The Bertz CT molecular complexity index is 584. The van der Waals surface area contributed by atoms with Crippen LogP contribution < -0.4 is 5.73 Å². The molecule has 20 heavy (non-hydrogen) atoms. The third kappa shape index (κ3) is 3.16. The Kier molecular flexibility index (Phi) is 4.73. The van der Waals surface area contributed by atoms with Crippen LogP contribution in [0.2, 0.25) is 0 Å². The molecule has 0 aliphatic carbocycles. The predicted molar refractivity (Wildman–Crippen MR) is 78.1 cm³/mol. The highest BCUT2D eigenvalue weighted by Crippen LogP contribution is 2.26. The fourth-order valence-corrected chi connectivity index (χ4v) is 2.56. The van der Waals surface area contributed by atoms with E-state index >= 15 is 0 Å². The van der Waals surface area contributed by atoms with E-state index in [2.05, 4.69) is 22.1 Å². The van der Waals surface area contributed by atoms with Crippen LogP contribution in [0.15, 0.2) is 29.7 Å². The van der Waals surface area contributed by atoms with Gasteiger partial charge in [0, 0.05) is 24.5 Å². The second-order valence-corrected chi connectivity index (χ2v) is 5.66. The third-order valence-corrected chi connectivity index (χ3v) is 3.88. The summed E-state index contributed by atoms with van der Waals surface area (Å²) >= 11 is 1.33. The van der Waals surface area contributed by atoms with E-state index in [1.807, 2.05) is 16.7 Å². The van der Waals surface area contributed by atoms with E-state index in [4.69, 9.17) is 5.73 Å². The van der Waals surface area contributed by atoms with Crippen LogP contribution in [-0.2, 0) is 11.3 Å². The average Bonchev–Trinajstić information content (AvgIpc) is 2.83. The van der Waals surface area contributed by atoms with E-state index in [1.54, 1.807) is 19.3 Å². The van der Waals surface area contributed by atoms with Gasteiger partial charge in [-0.25, -0.2) is 0 Å². The molecular weight excluding hydrogens is 274 g/mol. The van der Waals surface area contributed by atoms with Crippen molar-refractivity contribution in [1.82, 2.24) is 19.7 Å². The summed E-state index contributed by atoms with van der Waals surface area (Å²) in [6, 6.07) is 3.78. The van der Waals surface area contributed by atoms with E-state index in [0.717, 1.165) is 24.4 Å². The monoisotopic (exact) mass is 291 g/mol. The maximum atomic E-state index is 11.2. The smallest absolute Gasteiger partial charge is 0.230 e. The Morgan fingerprint density at radius 1 is 1.40 bits per heavy atom. The average molecular weight is 291 g/mol. The minimum absolute atomic E-state index is 0.333. The van der Waals surface area contributed by atoms with Gasteiger partial charge in [-0.1, -0.05) is 18.7 Å². The zero-order valence-corrected chi connectivity index (χ0v) is 12.3. The lowest BCUT2D eigenvalue weighted by Gasteiger charge is -2.10. The minimum atomic E-state index is -0.355. The second kappa shape index (κ2) is 6.51. The van der Waals surface area contributed by atoms with Crippen LogP contribution in [-0.4, -0.2) is 30.9 Å². The molecule has 0 radical (unpaired) electrons. The van der Waals surface area contributed by atoms with Crippen molar-refractivity contribution >= 4 is 17.7 Å². The highest BCUT2D eigenvalue weighted by molar-refractivity contribution is 8.00. The van der Waals surface area contributed by atoms with Crippen molar-refractivity contribution in [1.29, 1.82) is 0 Å². The van der Waals surface area contributed by atoms with Crippen LogP contribution in [0.4, 0.5) is 0 Å². The number of hydrogen-bond acceptors (Lipinski definition) is 5. The number of nitrogens with two attached hydrogens (primary N) is 1. The Morgan fingerprint density at radius 2 is 2.10 bits per heavy atom. The van der Waals surface area contributed by atoms with Crippen molar-refractivity contribution in [2.24, 2.45) is 5.73 Å². The number of primary amides is 1. The molecule has 7 heteroatoms. The van der Waals surface area contributed by atoms with Crippen LogP contribution in [0, 0.1) is 0 Å². The molecule has 1 atom stereocenters. The molecule has 6 nitrogen and oxygen atoms in total. The first kappa shape index (κ1) is 14.5. The molecule has 2 heterocycles. The van der Waals surface area contributed by atoms with E-state index in [1.165, 1.54) is 11.8 Å². The number of hydrogen-bond donors (Lipinski definition) is 1. The van der Waals surface area contributed by atoms with Crippen molar-refractivity contribution in [3.8, 4) is 11.4 Å². The van der Waals surface area contributed by atoms with Crippen LogP contribution in [0.3, 0.4) is 0 Å². The van der Waals surface area contributed by atoms with E-state index in [0.29, 0.717) is 5.16 Å². The van der Waals surface area contributed by atoms with E-state index in [-0.39, 0.29) is 11.2 Å². The summed E-state index contributed by atoms with van der Waals surface area (Å²) in [5.41, 5.74) is 6.26. The molecule has 0 saturated heterocycles. The predicted octanol–water partition coefficient (Wildman–Crippen LogP) is 1.72. The van der Waals surface area contributed by atoms with Crippen LogP contribution in [0.5, 0.6) is 0 Å². The molecule has 0 aromatic carbocycles. The molecule has 1 unspecified atom stereocenters. The fraction of sp³-hybridized carbons (Fsp3) is 0.385. The second-order valence-electron chi connectivity index (χ2n) is 4.36. The number of nitrogens with zero attached hydrogens (tertiary/aromatic N) is 4. The molecule has 2 aromatic heterocycles. The summed E-state index contributed by atoms with van der Waals surface area (Å²) in [6.45, 7) is 4.64. The molecule has 0 saturated carbocycles. The van der Waals surface area contributed by atoms with Gasteiger partial charge < -0.3 is 10.3 Å². The number of aromatic nitrogens is 4. The Morgan fingerprint density at radius 3 is 2.70 bits per heavy atom. The topological polar surface area (TPSA) is 86.7 Å². The Labute approximate surface area is 121 Å². The van der Waals surface area contributed by atoms with Gasteiger partial charge in [0.25, 0.3) is 0 Å². The van der Waals surface area contributed by atoms with Gasteiger partial charge in [0.15, 0.2) is 11.0 Å². The molecule has 1 amide bonds. The molecule has 106 valence electrons. The molecule has 2 aromatic rings. The van der Waals surface area contributed by atoms with Crippen molar-refractivity contribution in [2.45, 2.75) is 37.2 Å². The normalized spacial score (nSPS) is 12.3. The molecule has 2 rings (SSSR count). The summed E-state index contributed by atoms with van der Waals surface area (Å²) < 4.78 is 2.01. The van der Waals surface area contributed by atoms with Gasteiger partial charge >= 0.3 is 0 Å². The van der Waals surface area contributed by atoms with Crippen molar-refractivity contribution < 1.29 is 4.79 Å². The van der Waals surface area contributed by atoms with Gasteiger partial charge in [-0.2, -0.15) is 0 Å². The molecular formula is C13H17N5OS. The lowest BCUT2D eigenvalue weighted by molar-refractivity contribution is -0.117. The maximum Gasteiger partial charge on any atom is 0.230 e. The van der Waals surface area contributed by atoms with E-state index in [9.17, 15) is 4.79 Å². The molecule has 0 bridgehead atoms. The number of carbonyl (C=O) groups is 1. The number of carbonyl (C=O) groups excluding carboxylic acids is 1. The van der Waals surface area contributed by atoms with Crippen molar-refractivity contribution in [3.05, 3.63) is 24.5 Å². The minimum Gasteiger partial charge on any atom is -0.369 e. The van der Waals surface area contributed by atoms with Crippen LogP contribution in [0.1, 0.15) is 20.3 Å². The highest BCUT2D eigenvalue weighted by Gasteiger charge is 2.18. The van der Waals surface area contributed by atoms with Gasteiger partial charge in [0.2, 0.25) is 5.91 Å². The number of amides is 1. The van der Waals surface area contributed by atoms with Crippen molar-refractivity contribution in [3.63, 3.8) is 0 Å². The van der Waals surface area contributed by atoms with Gasteiger partial charge in [0.05, 0.1) is 5.25 Å².